The summed E-state index contributed by atoms with van der Waals surface area (Å²) < 4.78 is 7.22. The van der Waals surface area contributed by atoms with E-state index in [4.69, 9.17) is 4.74 Å². The minimum absolute atomic E-state index is 0.205. The second-order valence-electron chi connectivity index (χ2n) is 6.51. The Labute approximate surface area is 161 Å². The number of H-pyrrole nitrogens is 1. The number of aryl methyl sites for hydroxylation is 1. The number of fused-ring (bicyclic) bond motifs is 1. The highest BCUT2D eigenvalue weighted by atomic mass is 16.5. The van der Waals surface area contributed by atoms with E-state index in [0.29, 0.717) is 5.69 Å². The van der Waals surface area contributed by atoms with E-state index in [1.54, 1.807) is 11.6 Å². The van der Waals surface area contributed by atoms with Crippen LogP contribution in [0.1, 0.15) is 16.1 Å². The average molecular weight is 373 g/mol. The number of amides is 1. The molecule has 0 fully saturated rings. The topological polar surface area (TPSA) is 76.1 Å². The SMILES string of the molecule is Cn1cc(OCc2ccccc2)c(=O)cc1C(=O)Nc1ccc2[nH]ccc2c1. The Balaban J connectivity index is 1.51. The van der Waals surface area contributed by atoms with Gasteiger partial charge in [-0.1, -0.05) is 30.3 Å². The van der Waals surface area contributed by atoms with Crippen LogP contribution in [0.3, 0.4) is 0 Å². The maximum absolute atomic E-state index is 12.6. The summed E-state index contributed by atoms with van der Waals surface area (Å²) in [5.41, 5.74) is 2.54. The number of anilines is 1. The molecule has 140 valence electrons. The van der Waals surface area contributed by atoms with Crippen LogP contribution in [0.4, 0.5) is 5.69 Å². The van der Waals surface area contributed by atoms with Crippen molar-refractivity contribution in [2.75, 3.05) is 5.32 Å². The Bertz CT molecular complexity index is 1190. The zero-order valence-electron chi connectivity index (χ0n) is 15.3. The molecule has 0 saturated carbocycles. The highest BCUT2D eigenvalue weighted by molar-refractivity contribution is 6.04. The van der Waals surface area contributed by atoms with Crippen molar-refractivity contribution in [3.05, 3.63) is 94.5 Å². The number of nitrogens with one attached hydrogen (secondary N) is 2. The Morgan fingerprint density at radius 1 is 1.11 bits per heavy atom. The summed E-state index contributed by atoms with van der Waals surface area (Å²) in [5, 5.41) is 3.83. The molecule has 0 atom stereocenters. The summed E-state index contributed by atoms with van der Waals surface area (Å²) in [6.07, 6.45) is 3.38. The van der Waals surface area contributed by atoms with Gasteiger partial charge in [0.15, 0.2) is 5.75 Å². The first kappa shape index (κ1) is 17.6. The number of carbonyl (C=O) groups is 1. The first-order valence-electron chi connectivity index (χ1n) is 8.86. The maximum atomic E-state index is 12.6. The quantitative estimate of drug-likeness (QED) is 0.560. The van der Waals surface area contributed by atoms with Crippen molar-refractivity contribution in [3.63, 3.8) is 0 Å². The molecule has 0 unspecified atom stereocenters. The molecule has 2 heterocycles. The number of nitrogens with zero attached hydrogens (tertiary/aromatic N) is 1. The van der Waals surface area contributed by atoms with Crippen LogP contribution in [0.2, 0.25) is 0 Å². The first-order valence-corrected chi connectivity index (χ1v) is 8.86. The summed E-state index contributed by atoms with van der Waals surface area (Å²) in [6.45, 7) is 0.290. The standard InChI is InChI=1S/C22H19N3O3/c1-25-13-21(28-14-15-5-3-2-4-6-15)20(26)12-19(25)22(27)24-17-7-8-18-16(11-17)9-10-23-18/h2-13,23H,14H2,1H3,(H,24,27). The highest BCUT2D eigenvalue weighted by Crippen LogP contribution is 2.18. The van der Waals surface area contributed by atoms with Gasteiger partial charge in [0.25, 0.3) is 5.91 Å². The molecule has 1 amide bonds. The normalized spacial score (nSPS) is 10.8. The molecule has 28 heavy (non-hydrogen) atoms. The molecule has 0 saturated heterocycles. The Morgan fingerprint density at radius 2 is 1.93 bits per heavy atom. The van der Waals surface area contributed by atoms with Gasteiger partial charge in [-0.25, -0.2) is 0 Å². The van der Waals surface area contributed by atoms with Gasteiger partial charge in [-0.15, -0.1) is 0 Å². The Morgan fingerprint density at radius 3 is 2.75 bits per heavy atom. The second-order valence-corrected chi connectivity index (χ2v) is 6.51. The number of aromatic nitrogens is 2. The van der Waals surface area contributed by atoms with Crippen LogP contribution in [0.5, 0.6) is 5.75 Å². The third-order valence-electron chi connectivity index (χ3n) is 4.48. The molecule has 2 aromatic carbocycles. The zero-order valence-corrected chi connectivity index (χ0v) is 15.3. The lowest BCUT2D eigenvalue weighted by molar-refractivity contribution is 0.101. The molecule has 0 aliphatic heterocycles. The van der Waals surface area contributed by atoms with Gasteiger partial charge >= 0.3 is 0 Å². The van der Waals surface area contributed by atoms with Crippen LogP contribution in [0, 0.1) is 0 Å². The molecule has 0 bridgehead atoms. The van der Waals surface area contributed by atoms with Gasteiger partial charge < -0.3 is 19.6 Å². The van der Waals surface area contributed by atoms with Crippen LogP contribution in [0.15, 0.2) is 77.9 Å². The van der Waals surface area contributed by atoms with Gasteiger partial charge in [0.05, 0.1) is 6.20 Å². The number of benzene rings is 2. The summed E-state index contributed by atoms with van der Waals surface area (Å²) in [6, 6.07) is 18.4. The van der Waals surface area contributed by atoms with E-state index in [0.717, 1.165) is 16.5 Å². The maximum Gasteiger partial charge on any atom is 0.272 e. The van der Waals surface area contributed by atoms with Gasteiger partial charge in [0.2, 0.25) is 5.43 Å². The van der Waals surface area contributed by atoms with Crippen molar-refractivity contribution in [3.8, 4) is 5.75 Å². The van der Waals surface area contributed by atoms with Crippen molar-refractivity contribution < 1.29 is 9.53 Å². The van der Waals surface area contributed by atoms with Crippen LogP contribution < -0.4 is 15.5 Å². The van der Waals surface area contributed by atoms with E-state index < -0.39 is 0 Å². The molecular formula is C22H19N3O3. The Hall–Kier alpha value is -3.80. The third-order valence-corrected chi connectivity index (χ3v) is 4.48. The predicted molar refractivity (Wildman–Crippen MR) is 109 cm³/mol. The van der Waals surface area contributed by atoms with Crippen LogP contribution in [-0.2, 0) is 13.7 Å². The minimum atomic E-state index is -0.357. The van der Waals surface area contributed by atoms with E-state index in [1.165, 1.54) is 12.3 Å². The van der Waals surface area contributed by atoms with E-state index >= 15 is 0 Å². The number of rotatable bonds is 5. The molecule has 0 spiro atoms. The molecular weight excluding hydrogens is 354 g/mol. The third kappa shape index (κ3) is 3.66. The predicted octanol–water partition coefficient (Wildman–Crippen LogP) is 3.70. The van der Waals surface area contributed by atoms with E-state index in [-0.39, 0.29) is 29.4 Å². The van der Waals surface area contributed by atoms with Crippen LogP contribution in [-0.4, -0.2) is 15.5 Å². The van der Waals surface area contributed by atoms with Crippen LogP contribution in [0.25, 0.3) is 10.9 Å². The van der Waals surface area contributed by atoms with Gasteiger partial charge in [0, 0.05) is 35.9 Å². The number of hydrogen-bond donors (Lipinski definition) is 2. The van der Waals surface area contributed by atoms with Gasteiger partial charge in [-0.2, -0.15) is 0 Å². The largest absolute Gasteiger partial charge is 0.483 e. The highest BCUT2D eigenvalue weighted by Gasteiger charge is 2.13. The average Bonchev–Trinajstić information content (AvgIpc) is 3.17. The lowest BCUT2D eigenvalue weighted by Crippen LogP contribution is -2.21. The molecule has 4 rings (SSSR count). The lowest BCUT2D eigenvalue weighted by Gasteiger charge is -2.12. The fraction of sp³-hybridized carbons (Fsp3) is 0.0909. The van der Waals surface area contributed by atoms with Gasteiger partial charge in [-0.3, -0.25) is 9.59 Å². The van der Waals surface area contributed by atoms with Crippen molar-refractivity contribution in [1.29, 1.82) is 0 Å². The number of hydrogen-bond acceptors (Lipinski definition) is 3. The van der Waals surface area contributed by atoms with Crippen molar-refractivity contribution >= 4 is 22.5 Å². The molecule has 6 heteroatoms. The first-order chi connectivity index (χ1) is 13.6. The summed E-state index contributed by atoms with van der Waals surface area (Å²) in [7, 11) is 1.71. The number of carbonyl (C=O) groups excluding carboxylic acids is 1. The monoisotopic (exact) mass is 373 g/mol. The fourth-order valence-corrected chi connectivity index (χ4v) is 3.00. The fourth-order valence-electron chi connectivity index (χ4n) is 3.00. The molecule has 6 nitrogen and oxygen atoms in total. The van der Waals surface area contributed by atoms with Crippen molar-refractivity contribution in [2.24, 2.45) is 7.05 Å². The zero-order chi connectivity index (χ0) is 19.5. The van der Waals surface area contributed by atoms with Crippen molar-refractivity contribution in [1.82, 2.24) is 9.55 Å². The van der Waals surface area contributed by atoms with Crippen molar-refractivity contribution in [2.45, 2.75) is 6.61 Å². The molecule has 2 N–H and O–H groups in total. The lowest BCUT2D eigenvalue weighted by atomic mass is 10.2. The summed E-state index contributed by atoms with van der Waals surface area (Å²) in [5.74, 6) is -0.152. The second kappa shape index (κ2) is 7.44. The van der Waals surface area contributed by atoms with E-state index in [1.807, 2.05) is 60.8 Å². The summed E-state index contributed by atoms with van der Waals surface area (Å²) in [4.78, 5) is 28.1. The van der Waals surface area contributed by atoms with E-state index in [9.17, 15) is 9.59 Å². The molecule has 2 aromatic heterocycles. The number of aromatic amines is 1. The van der Waals surface area contributed by atoms with Gasteiger partial charge in [0.1, 0.15) is 12.3 Å². The van der Waals surface area contributed by atoms with E-state index in [2.05, 4.69) is 10.3 Å². The van der Waals surface area contributed by atoms with Crippen LogP contribution >= 0.6 is 0 Å². The summed E-state index contributed by atoms with van der Waals surface area (Å²) >= 11 is 0. The molecule has 0 aliphatic carbocycles. The number of ether oxygens (including phenoxy) is 1. The number of pyridine rings is 1. The Kier molecular flexibility index (Phi) is 4.68. The molecule has 0 aliphatic rings. The molecule has 4 aromatic rings. The smallest absolute Gasteiger partial charge is 0.272 e. The minimum Gasteiger partial charge on any atom is -0.483 e. The molecule has 0 radical (unpaired) electrons. The van der Waals surface area contributed by atoms with Gasteiger partial charge in [-0.05, 0) is 29.8 Å².